The van der Waals surface area contributed by atoms with Crippen LogP contribution in [-0.2, 0) is 13.0 Å². The number of thiazole rings is 1. The Bertz CT molecular complexity index is 905. The van der Waals surface area contributed by atoms with E-state index < -0.39 is 0 Å². The number of aliphatic imine (C=N–C) groups is 1. The molecule has 2 aromatic heterocycles. The molecule has 0 aliphatic heterocycles. The summed E-state index contributed by atoms with van der Waals surface area (Å²) in [7, 11) is 1.77. The van der Waals surface area contributed by atoms with Gasteiger partial charge in [-0.2, -0.15) is 0 Å². The second-order valence-electron chi connectivity index (χ2n) is 6.84. The summed E-state index contributed by atoms with van der Waals surface area (Å²) in [6, 6.07) is 12.3. The average Bonchev–Trinajstić information content (AvgIpc) is 3.42. The fraction of sp³-hybridized carbons (Fsp3) is 0.409. The smallest absolute Gasteiger partial charge is 0.191 e. The maximum absolute atomic E-state index is 5.46. The van der Waals surface area contributed by atoms with Crippen LogP contribution >= 0.6 is 35.3 Å². The standard InChI is InChI=1S/C22H29N5OS.HI/c1-4-16(5-2)20-13-19(28-27-20)14-25-22(23-3)24-12-11-18-15-29-21(26-18)17-9-7-6-8-10-17;/h6-10,13,15-16H,4-5,11-12,14H2,1-3H3,(H2,23,24,25);1H. The maximum Gasteiger partial charge on any atom is 0.191 e. The zero-order valence-electron chi connectivity index (χ0n) is 17.7. The first-order valence-corrected chi connectivity index (χ1v) is 11.0. The van der Waals surface area contributed by atoms with E-state index >= 15 is 0 Å². The molecule has 2 heterocycles. The van der Waals surface area contributed by atoms with Crippen molar-refractivity contribution in [3.63, 3.8) is 0 Å². The predicted molar refractivity (Wildman–Crippen MR) is 135 cm³/mol. The largest absolute Gasteiger partial charge is 0.359 e. The van der Waals surface area contributed by atoms with Gasteiger partial charge in [0.05, 0.1) is 17.9 Å². The van der Waals surface area contributed by atoms with E-state index in [4.69, 9.17) is 9.51 Å². The number of hydrogen-bond acceptors (Lipinski definition) is 5. The number of benzene rings is 1. The molecule has 0 saturated carbocycles. The molecule has 0 aliphatic carbocycles. The predicted octanol–water partition coefficient (Wildman–Crippen LogP) is 5.23. The van der Waals surface area contributed by atoms with Crippen molar-refractivity contribution in [3.05, 3.63) is 58.9 Å². The van der Waals surface area contributed by atoms with Gasteiger partial charge in [-0.15, -0.1) is 35.3 Å². The van der Waals surface area contributed by atoms with E-state index in [-0.39, 0.29) is 24.0 Å². The number of guanidine groups is 1. The van der Waals surface area contributed by atoms with E-state index in [1.54, 1.807) is 18.4 Å². The Morgan fingerprint density at radius 1 is 1.17 bits per heavy atom. The van der Waals surface area contributed by atoms with Crippen LogP contribution in [0.4, 0.5) is 0 Å². The number of rotatable bonds is 9. The highest BCUT2D eigenvalue weighted by molar-refractivity contribution is 14.0. The molecule has 8 heteroatoms. The molecular formula is C22H30IN5OS. The lowest BCUT2D eigenvalue weighted by Gasteiger charge is -2.10. The Morgan fingerprint density at radius 2 is 1.93 bits per heavy atom. The molecule has 2 N–H and O–H groups in total. The van der Waals surface area contributed by atoms with Crippen molar-refractivity contribution in [2.45, 2.75) is 45.6 Å². The van der Waals surface area contributed by atoms with Gasteiger partial charge in [0, 0.05) is 42.9 Å². The minimum atomic E-state index is 0. The molecule has 0 saturated heterocycles. The topological polar surface area (TPSA) is 75.3 Å². The summed E-state index contributed by atoms with van der Waals surface area (Å²) in [5, 5.41) is 14.0. The van der Waals surface area contributed by atoms with Gasteiger partial charge in [0.2, 0.25) is 0 Å². The first-order chi connectivity index (χ1) is 14.2. The fourth-order valence-electron chi connectivity index (χ4n) is 3.15. The molecule has 0 radical (unpaired) electrons. The maximum atomic E-state index is 5.46. The third kappa shape index (κ3) is 6.80. The van der Waals surface area contributed by atoms with Crippen LogP contribution in [0, 0.1) is 0 Å². The molecule has 0 atom stereocenters. The number of nitrogens with one attached hydrogen (secondary N) is 2. The Kier molecular flexibility index (Phi) is 10.3. The Hall–Kier alpha value is -1.94. The summed E-state index contributed by atoms with van der Waals surface area (Å²) >= 11 is 1.68. The SMILES string of the molecule is CCC(CC)c1cc(CNC(=NC)NCCc2csc(-c3ccccc3)n2)on1.I. The normalized spacial score (nSPS) is 11.4. The average molecular weight is 539 g/mol. The highest BCUT2D eigenvalue weighted by Crippen LogP contribution is 2.23. The number of hydrogen-bond donors (Lipinski definition) is 2. The Morgan fingerprint density at radius 3 is 2.63 bits per heavy atom. The van der Waals surface area contributed by atoms with E-state index in [0.717, 1.165) is 59.5 Å². The second-order valence-corrected chi connectivity index (χ2v) is 7.70. The summed E-state index contributed by atoms with van der Waals surface area (Å²) in [4.78, 5) is 9.00. The Labute approximate surface area is 199 Å². The fourth-order valence-corrected chi connectivity index (χ4v) is 4.01. The zero-order chi connectivity index (χ0) is 20.5. The molecule has 0 aliphatic rings. The molecule has 30 heavy (non-hydrogen) atoms. The third-order valence-corrected chi connectivity index (χ3v) is 5.82. The van der Waals surface area contributed by atoms with Gasteiger partial charge in [-0.25, -0.2) is 4.98 Å². The number of aromatic nitrogens is 2. The van der Waals surface area contributed by atoms with Gasteiger partial charge in [0.15, 0.2) is 11.7 Å². The summed E-state index contributed by atoms with van der Waals surface area (Å²) in [5.41, 5.74) is 3.28. The molecule has 162 valence electrons. The van der Waals surface area contributed by atoms with Crippen LogP contribution in [0.2, 0.25) is 0 Å². The monoisotopic (exact) mass is 539 g/mol. The molecule has 0 unspecified atom stereocenters. The van der Waals surface area contributed by atoms with Crippen LogP contribution in [0.25, 0.3) is 10.6 Å². The van der Waals surface area contributed by atoms with Crippen LogP contribution in [-0.4, -0.2) is 29.7 Å². The van der Waals surface area contributed by atoms with Gasteiger partial charge in [-0.3, -0.25) is 4.99 Å². The number of nitrogens with zero attached hydrogens (tertiary/aromatic N) is 3. The molecule has 0 amide bonds. The molecular weight excluding hydrogens is 509 g/mol. The molecule has 0 spiro atoms. The van der Waals surface area contributed by atoms with Crippen LogP contribution < -0.4 is 10.6 Å². The zero-order valence-corrected chi connectivity index (χ0v) is 20.9. The first kappa shape index (κ1) is 24.3. The van der Waals surface area contributed by atoms with E-state index in [2.05, 4.69) is 52.1 Å². The molecule has 0 fully saturated rings. The lowest BCUT2D eigenvalue weighted by atomic mass is 9.99. The molecule has 1 aromatic carbocycles. The van der Waals surface area contributed by atoms with E-state index in [1.807, 2.05) is 24.3 Å². The van der Waals surface area contributed by atoms with E-state index in [1.165, 1.54) is 0 Å². The summed E-state index contributed by atoms with van der Waals surface area (Å²) in [6.45, 7) is 5.67. The first-order valence-electron chi connectivity index (χ1n) is 10.1. The van der Waals surface area contributed by atoms with Crippen molar-refractivity contribution >= 4 is 41.3 Å². The van der Waals surface area contributed by atoms with Crippen LogP contribution in [0.15, 0.2) is 51.3 Å². The van der Waals surface area contributed by atoms with Crippen molar-refractivity contribution in [3.8, 4) is 10.6 Å². The molecule has 3 aromatic rings. The quantitative estimate of drug-likeness (QED) is 0.221. The molecule has 0 bridgehead atoms. The number of halogens is 1. The minimum Gasteiger partial charge on any atom is -0.359 e. The van der Waals surface area contributed by atoms with Gasteiger partial charge in [0.1, 0.15) is 5.01 Å². The molecule has 6 nitrogen and oxygen atoms in total. The summed E-state index contributed by atoms with van der Waals surface area (Å²) in [6.07, 6.45) is 2.98. The van der Waals surface area contributed by atoms with Crippen molar-refractivity contribution in [2.75, 3.05) is 13.6 Å². The van der Waals surface area contributed by atoms with Gasteiger partial charge in [-0.05, 0) is 12.8 Å². The van der Waals surface area contributed by atoms with Crippen LogP contribution in [0.5, 0.6) is 0 Å². The Balaban J connectivity index is 0.00000320. The molecule has 3 rings (SSSR count). The highest BCUT2D eigenvalue weighted by Gasteiger charge is 2.13. The third-order valence-electron chi connectivity index (χ3n) is 4.88. The van der Waals surface area contributed by atoms with Crippen molar-refractivity contribution < 1.29 is 4.52 Å². The van der Waals surface area contributed by atoms with Crippen molar-refractivity contribution in [2.24, 2.45) is 4.99 Å². The highest BCUT2D eigenvalue weighted by atomic mass is 127. The lowest BCUT2D eigenvalue weighted by Crippen LogP contribution is -2.37. The van der Waals surface area contributed by atoms with Crippen molar-refractivity contribution in [1.29, 1.82) is 0 Å². The summed E-state index contributed by atoms with van der Waals surface area (Å²) in [5.74, 6) is 2.02. The van der Waals surface area contributed by atoms with Crippen LogP contribution in [0.3, 0.4) is 0 Å². The minimum absolute atomic E-state index is 0. The van der Waals surface area contributed by atoms with Gasteiger partial charge < -0.3 is 15.2 Å². The van der Waals surface area contributed by atoms with E-state index in [9.17, 15) is 0 Å². The van der Waals surface area contributed by atoms with Gasteiger partial charge in [-0.1, -0.05) is 49.3 Å². The van der Waals surface area contributed by atoms with Gasteiger partial charge >= 0.3 is 0 Å². The van der Waals surface area contributed by atoms with Crippen molar-refractivity contribution in [1.82, 2.24) is 20.8 Å². The summed E-state index contributed by atoms with van der Waals surface area (Å²) < 4.78 is 5.46. The van der Waals surface area contributed by atoms with Crippen LogP contribution in [0.1, 0.15) is 49.8 Å². The second kappa shape index (κ2) is 12.7. The van der Waals surface area contributed by atoms with Gasteiger partial charge in [0.25, 0.3) is 0 Å². The lowest BCUT2D eigenvalue weighted by molar-refractivity contribution is 0.368. The van der Waals surface area contributed by atoms with E-state index in [0.29, 0.717) is 12.5 Å².